The molecule has 0 radical (unpaired) electrons. The minimum Gasteiger partial charge on any atom is -0.488 e. The number of nitrogens with one attached hydrogen (secondary N) is 1. The van der Waals surface area contributed by atoms with Gasteiger partial charge in [-0.2, -0.15) is 0 Å². The van der Waals surface area contributed by atoms with Gasteiger partial charge >= 0.3 is 0 Å². The second-order valence-corrected chi connectivity index (χ2v) is 5.59. The van der Waals surface area contributed by atoms with Crippen LogP contribution in [0.25, 0.3) is 6.08 Å². The van der Waals surface area contributed by atoms with E-state index in [0.717, 1.165) is 6.07 Å². The van der Waals surface area contributed by atoms with Crippen LogP contribution in [0.4, 0.5) is 10.1 Å². The Balaban J connectivity index is 1.84. The number of rotatable bonds is 2. The fraction of sp³-hybridized carbons (Fsp3) is 0.0625. The van der Waals surface area contributed by atoms with Crippen LogP contribution in [0.15, 0.2) is 42.0 Å². The van der Waals surface area contributed by atoms with Gasteiger partial charge in [-0.05, 0) is 42.5 Å². The van der Waals surface area contributed by atoms with E-state index in [0.29, 0.717) is 21.9 Å². The summed E-state index contributed by atoms with van der Waals surface area (Å²) in [6.45, 7) is 0.107. The van der Waals surface area contributed by atoms with Gasteiger partial charge in [-0.25, -0.2) is 4.39 Å². The second-order valence-electron chi connectivity index (χ2n) is 4.72. The maximum absolute atomic E-state index is 13.7. The van der Waals surface area contributed by atoms with E-state index < -0.39 is 11.7 Å². The van der Waals surface area contributed by atoms with E-state index in [9.17, 15) is 9.18 Å². The maximum atomic E-state index is 13.7. The highest BCUT2D eigenvalue weighted by Crippen LogP contribution is 2.29. The summed E-state index contributed by atoms with van der Waals surface area (Å²) in [7, 11) is 0. The van der Waals surface area contributed by atoms with Crippen molar-refractivity contribution in [2.24, 2.45) is 0 Å². The van der Waals surface area contributed by atoms with Crippen LogP contribution in [0.2, 0.25) is 10.0 Å². The monoisotopic (exact) mass is 337 g/mol. The molecule has 0 unspecified atom stereocenters. The van der Waals surface area contributed by atoms with Gasteiger partial charge in [-0.1, -0.05) is 23.2 Å². The third-order valence-electron chi connectivity index (χ3n) is 3.16. The Morgan fingerprint density at radius 2 is 1.86 bits per heavy atom. The lowest BCUT2D eigenvalue weighted by Gasteiger charge is -2.18. The van der Waals surface area contributed by atoms with Gasteiger partial charge in [0, 0.05) is 15.6 Å². The van der Waals surface area contributed by atoms with Crippen molar-refractivity contribution >= 4 is 40.9 Å². The summed E-state index contributed by atoms with van der Waals surface area (Å²) in [6.07, 6.45) is 1.67. The molecule has 0 saturated carbocycles. The number of carbonyl (C=O) groups excluding carboxylic acids is 1. The molecule has 6 heteroatoms. The van der Waals surface area contributed by atoms with Crippen LogP contribution in [-0.2, 0) is 4.79 Å². The molecule has 2 aromatic carbocycles. The number of hydrogen-bond donors (Lipinski definition) is 1. The van der Waals surface area contributed by atoms with Crippen molar-refractivity contribution < 1.29 is 13.9 Å². The molecule has 1 amide bonds. The highest BCUT2D eigenvalue weighted by atomic mass is 35.5. The zero-order chi connectivity index (χ0) is 15.7. The third-order valence-corrected chi connectivity index (χ3v) is 3.63. The maximum Gasteiger partial charge on any atom is 0.255 e. The summed E-state index contributed by atoms with van der Waals surface area (Å²) in [5, 5.41) is 3.31. The van der Waals surface area contributed by atoms with E-state index in [1.807, 2.05) is 0 Å². The zero-order valence-corrected chi connectivity index (χ0v) is 12.7. The molecule has 0 aromatic heterocycles. The van der Waals surface area contributed by atoms with Gasteiger partial charge in [0.15, 0.2) is 0 Å². The summed E-state index contributed by atoms with van der Waals surface area (Å²) >= 11 is 11.6. The molecular weight excluding hydrogens is 328 g/mol. The standard InChI is InChI=1S/C16H10Cl2FNO2/c17-11-2-4-15-9(6-11)5-10(8-22-15)16(21)20-14-3-1-12(18)7-13(14)19/h1-7H,8H2,(H,20,21). The van der Waals surface area contributed by atoms with E-state index in [2.05, 4.69) is 5.32 Å². The van der Waals surface area contributed by atoms with E-state index in [4.69, 9.17) is 27.9 Å². The van der Waals surface area contributed by atoms with Crippen molar-refractivity contribution in [2.75, 3.05) is 11.9 Å². The van der Waals surface area contributed by atoms with Crippen LogP contribution in [0.5, 0.6) is 5.75 Å². The first-order valence-electron chi connectivity index (χ1n) is 6.42. The molecule has 0 bridgehead atoms. The average molecular weight is 338 g/mol. The Morgan fingerprint density at radius 1 is 1.14 bits per heavy atom. The molecule has 1 N–H and O–H groups in total. The summed E-state index contributed by atoms with van der Waals surface area (Å²) < 4.78 is 19.2. The molecule has 112 valence electrons. The first-order chi connectivity index (χ1) is 10.5. The van der Waals surface area contributed by atoms with Gasteiger partial charge in [-0.15, -0.1) is 0 Å². The molecule has 1 aliphatic heterocycles. The minimum absolute atomic E-state index is 0.0622. The number of halogens is 3. The van der Waals surface area contributed by atoms with Crippen LogP contribution in [0.3, 0.4) is 0 Å². The normalized spacial score (nSPS) is 13.0. The van der Waals surface area contributed by atoms with Crippen LogP contribution in [-0.4, -0.2) is 12.5 Å². The molecule has 1 aliphatic rings. The lowest BCUT2D eigenvalue weighted by Crippen LogP contribution is -2.21. The number of ether oxygens (including phenoxy) is 1. The summed E-state index contributed by atoms with van der Waals surface area (Å²) in [4.78, 5) is 12.2. The Kier molecular flexibility index (Phi) is 4.05. The number of amides is 1. The Labute approximate surface area is 136 Å². The van der Waals surface area contributed by atoms with Gasteiger partial charge in [0.25, 0.3) is 5.91 Å². The molecule has 0 saturated heterocycles. The fourth-order valence-corrected chi connectivity index (χ4v) is 2.41. The molecule has 0 atom stereocenters. The summed E-state index contributed by atoms with van der Waals surface area (Å²) in [5.74, 6) is -0.382. The highest BCUT2D eigenvalue weighted by Gasteiger charge is 2.18. The second kappa shape index (κ2) is 5.99. The number of carbonyl (C=O) groups is 1. The first-order valence-corrected chi connectivity index (χ1v) is 7.18. The highest BCUT2D eigenvalue weighted by molar-refractivity contribution is 6.31. The number of hydrogen-bond acceptors (Lipinski definition) is 2. The molecule has 3 nitrogen and oxygen atoms in total. The van der Waals surface area contributed by atoms with Crippen LogP contribution in [0, 0.1) is 5.82 Å². The van der Waals surface area contributed by atoms with Gasteiger partial charge < -0.3 is 10.1 Å². The SMILES string of the molecule is O=C(Nc1ccc(Cl)cc1F)C1=Cc2cc(Cl)ccc2OC1. The van der Waals surface area contributed by atoms with Crippen molar-refractivity contribution in [1.82, 2.24) is 0 Å². The van der Waals surface area contributed by atoms with E-state index in [1.165, 1.54) is 12.1 Å². The fourth-order valence-electron chi connectivity index (χ4n) is 2.07. The molecule has 1 heterocycles. The van der Waals surface area contributed by atoms with Crippen molar-refractivity contribution in [3.05, 3.63) is 63.4 Å². The molecule has 2 aromatic rings. The van der Waals surface area contributed by atoms with Crippen molar-refractivity contribution in [3.8, 4) is 5.75 Å². The Hall–Kier alpha value is -2.04. The molecule has 3 rings (SSSR count). The lowest BCUT2D eigenvalue weighted by atomic mass is 10.1. The predicted molar refractivity (Wildman–Crippen MR) is 85.0 cm³/mol. The van der Waals surface area contributed by atoms with Gasteiger partial charge in [-0.3, -0.25) is 4.79 Å². The van der Waals surface area contributed by atoms with Crippen molar-refractivity contribution in [3.63, 3.8) is 0 Å². The summed E-state index contributed by atoms with van der Waals surface area (Å²) in [6, 6.07) is 9.19. The predicted octanol–water partition coefficient (Wildman–Crippen LogP) is 4.55. The minimum atomic E-state index is -0.596. The quantitative estimate of drug-likeness (QED) is 0.873. The first kappa shape index (κ1) is 14.9. The molecule has 0 spiro atoms. The lowest BCUT2D eigenvalue weighted by molar-refractivity contribution is -0.113. The molecule has 0 aliphatic carbocycles. The Morgan fingerprint density at radius 3 is 2.64 bits per heavy atom. The van der Waals surface area contributed by atoms with E-state index in [-0.39, 0.29) is 17.3 Å². The van der Waals surface area contributed by atoms with Crippen LogP contribution in [0.1, 0.15) is 5.56 Å². The molecular formula is C16H10Cl2FNO2. The topological polar surface area (TPSA) is 38.3 Å². The van der Waals surface area contributed by atoms with E-state index in [1.54, 1.807) is 24.3 Å². The smallest absolute Gasteiger partial charge is 0.255 e. The van der Waals surface area contributed by atoms with Crippen molar-refractivity contribution in [1.29, 1.82) is 0 Å². The molecule has 0 fully saturated rings. The zero-order valence-electron chi connectivity index (χ0n) is 11.2. The van der Waals surface area contributed by atoms with Gasteiger partial charge in [0.2, 0.25) is 0 Å². The Bertz CT molecular complexity index is 790. The summed E-state index contributed by atoms with van der Waals surface area (Å²) in [5.41, 5.74) is 1.15. The van der Waals surface area contributed by atoms with E-state index >= 15 is 0 Å². The number of fused-ring (bicyclic) bond motifs is 1. The number of benzene rings is 2. The van der Waals surface area contributed by atoms with Gasteiger partial charge in [0.05, 0.1) is 11.3 Å². The van der Waals surface area contributed by atoms with Crippen LogP contribution < -0.4 is 10.1 Å². The molecule has 22 heavy (non-hydrogen) atoms. The third kappa shape index (κ3) is 3.08. The van der Waals surface area contributed by atoms with Crippen LogP contribution >= 0.6 is 23.2 Å². The number of anilines is 1. The average Bonchev–Trinajstić information content (AvgIpc) is 2.49. The van der Waals surface area contributed by atoms with Crippen molar-refractivity contribution in [2.45, 2.75) is 0 Å². The van der Waals surface area contributed by atoms with Gasteiger partial charge in [0.1, 0.15) is 18.2 Å². The largest absolute Gasteiger partial charge is 0.488 e.